The molecule has 0 spiro atoms. The fourth-order valence-electron chi connectivity index (χ4n) is 1.86. The summed E-state index contributed by atoms with van der Waals surface area (Å²) in [4.78, 5) is 11.6. The third-order valence-corrected chi connectivity index (χ3v) is 3.10. The normalized spacial score (nSPS) is 19.9. The molecule has 0 saturated carbocycles. The Kier molecular flexibility index (Phi) is 3.29. The number of benzene rings is 1. The first kappa shape index (κ1) is 11.9. The number of Topliss-reactive ketones (excluding diaryl/α,β-unsaturated/α-hetero) is 1. The van der Waals surface area contributed by atoms with Crippen LogP contribution in [0.4, 0.5) is 0 Å². The van der Waals surface area contributed by atoms with Gasteiger partial charge in [0.25, 0.3) is 0 Å². The van der Waals surface area contributed by atoms with Crippen molar-refractivity contribution in [3.8, 4) is 5.75 Å². The average Bonchev–Trinajstić information content (AvgIpc) is 2.54. The molecule has 2 rings (SSSR count). The summed E-state index contributed by atoms with van der Waals surface area (Å²) in [5.41, 5.74) is 2.51. The van der Waals surface area contributed by atoms with E-state index in [1.807, 2.05) is 31.2 Å². The predicted molar refractivity (Wildman–Crippen MR) is 65.0 cm³/mol. The fraction of sp³-hybridized carbons (Fsp3) is 0.357. The third kappa shape index (κ3) is 2.56. The largest absolute Gasteiger partial charge is 0.489 e. The Morgan fingerprint density at radius 1 is 1.29 bits per heavy atom. The van der Waals surface area contributed by atoms with Crippen LogP contribution in [0.1, 0.15) is 18.9 Å². The molecule has 0 heterocycles. The molecular formula is C14H16O3. The molecule has 0 fully saturated rings. The molecule has 1 aromatic carbocycles. The van der Waals surface area contributed by atoms with Crippen LogP contribution in [0, 0.1) is 6.92 Å². The lowest BCUT2D eigenvalue weighted by molar-refractivity contribution is -0.116. The summed E-state index contributed by atoms with van der Waals surface area (Å²) in [5, 5.41) is 9.54. The van der Waals surface area contributed by atoms with Gasteiger partial charge in [0.1, 0.15) is 12.4 Å². The molecule has 1 unspecified atom stereocenters. The van der Waals surface area contributed by atoms with E-state index in [0.717, 1.165) is 11.3 Å². The van der Waals surface area contributed by atoms with Crippen molar-refractivity contribution in [1.82, 2.24) is 0 Å². The molecule has 0 aromatic heterocycles. The Balaban J connectivity index is 2.03. The molecule has 1 aliphatic rings. The monoisotopic (exact) mass is 232 g/mol. The standard InChI is InChI=1S/C14H16O3/c1-9-3-5-11(6-4-9)17-8-12-10(2)13(15)7-14(12)16/h3-6,13,15H,7-8H2,1-2H3. The Bertz CT molecular complexity index is 457. The zero-order valence-corrected chi connectivity index (χ0v) is 10.1. The van der Waals surface area contributed by atoms with E-state index >= 15 is 0 Å². The van der Waals surface area contributed by atoms with Gasteiger partial charge in [-0.2, -0.15) is 0 Å². The Morgan fingerprint density at radius 2 is 1.94 bits per heavy atom. The first-order chi connectivity index (χ1) is 8.08. The Labute approximate surface area is 101 Å². The van der Waals surface area contributed by atoms with Crippen molar-refractivity contribution in [1.29, 1.82) is 0 Å². The van der Waals surface area contributed by atoms with Gasteiger partial charge < -0.3 is 9.84 Å². The van der Waals surface area contributed by atoms with E-state index in [0.29, 0.717) is 5.57 Å². The molecule has 1 aromatic rings. The number of carbonyl (C=O) groups excluding carboxylic acids is 1. The van der Waals surface area contributed by atoms with Crippen LogP contribution in [0.25, 0.3) is 0 Å². The molecule has 1 aliphatic carbocycles. The van der Waals surface area contributed by atoms with E-state index in [4.69, 9.17) is 4.74 Å². The zero-order chi connectivity index (χ0) is 12.4. The van der Waals surface area contributed by atoms with Gasteiger partial charge in [-0.05, 0) is 31.6 Å². The Morgan fingerprint density at radius 3 is 2.47 bits per heavy atom. The minimum Gasteiger partial charge on any atom is -0.489 e. The zero-order valence-electron chi connectivity index (χ0n) is 10.1. The minimum atomic E-state index is -0.626. The van der Waals surface area contributed by atoms with Gasteiger partial charge in [-0.15, -0.1) is 0 Å². The maximum atomic E-state index is 11.6. The molecule has 1 N–H and O–H groups in total. The molecule has 0 amide bonds. The van der Waals surface area contributed by atoms with Crippen LogP contribution in [0.2, 0.25) is 0 Å². The van der Waals surface area contributed by atoms with Crippen molar-refractivity contribution in [2.75, 3.05) is 6.61 Å². The van der Waals surface area contributed by atoms with Crippen LogP contribution in [-0.4, -0.2) is 23.6 Å². The summed E-state index contributed by atoms with van der Waals surface area (Å²) in [6.45, 7) is 4.03. The topological polar surface area (TPSA) is 46.5 Å². The van der Waals surface area contributed by atoms with E-state index in [2.05, 4.69) is 0 Å². The van der Waals surface area contributed by atoms with Crippen molar-refractivity contribution in [2.24, 2.45) is 0 Å². The maximum absolute atomic E-state index is 11.6. The highest BCUT2D eigenvalue weighted by Crippen LogP contribution is 2.24. The highest BCUT2D eigenvalue weighted by molar-refractivity contribution is 5.99. The molecule has 0 aliphatic heterocycles. The summed E-state index contributed by atoms with van der Waals surface area (Å²) in [6, 6.07) is 7.67. The summed E-state index contributed by atoms with van der Waals surface area (Å²) in [7, 11) is 0. The van der Waals surface area contributed by atoms with Crippen molar-refractivity contribution >= 4 is 5.78 Å². The van der Waals surface area contributed by atoms with Gasteiger partial charge in [0.2, 0.25) is 0 Å². The number of hydrogen-bond donors (Lipinski definition) is 1. The second kappa shape index (κ2) is 4.72. The summed E-state index contributed by atoms with van der Waals surface area (Å²) >= 11 is 0. The Hall–Kier alpha value is -1.61. The summed E-state index contributed by atoms with van der Waals surface area (Å²) in [6.07, 6.45) is -0.433. The number of ether oxygens (including phenoxy) is 1. The number of aliphatic hydroxyl groups is 1. The lowest BCUT2D eigenvalue weighted by Gasteiger charge is -2.07. The first-order valence-electron chi connectivity index (χ1n) is 5.68. The molecule has 3 heteroatoms. The highest BCUT2D eigenvalue weighted by Gasteiger charge is 2.28. The lowest BCUT2D eigenvalue weighted by atomic mass is 10.2. The van der Waals surface area contributed by atoms with Gasteiger partial charge in [-0.3, -0.25) is 4.79 Å². The van der Waals surface area contributed by atoms with Crippen LogP contribution < -0.4 is 4.74 Å². The maximum Gasteiger partial charge on any atom is 0.165 e. The SMILES string of the molecule is CC1=C(COc2ccc(C)cc2)C(=O)CC1O. The molecule has 0 bridgehead atoms. The van der Waals surface area contributed by atoms with E-state index in [1.54, 1.807) is 6.92 Å². The van der Waals surface area contributed by atoms with Crippen LogP contribution in [0.5, 0.6) is 5.75 Å². The van der Waals surface area contributed by atoms with Crippen molar-refractivity contribution in [3.05, 3.63) is 41.0 Å². The van der Waals surface area contributed by atoms with Crippen molar-refractivity contribution in [3.63, 3.8) is 0 Å². The lowest BCUT2D eigenvalue weighted by Crippen LogP contribution is -2.07. The summed E-state index contributed by atoms with van der Waals surface area (Å²) in [5.74, 6) is 0.729. The second-order valence-electron chi connectivity index (χ2n) is 4.41. The molecule has 17 heavy (non-hydrogen) atoms. The number of aliphatic hydroxyl groups excluding tert-OH is 1. The molecule has 0 radical (unpaired) electrons. The summed E-state index contributed by atoms with van der Waals surface area (Å²) < 4.78 is 5.54. The van der Waals surface area contributed by atoms with Crippen LogP contribution in [-0.2, 0) is 4.79 Å². The minimum absolute atomic E-state index is 0.0119. The van der Waals surface area contributed by atoms with E-state index in [-0.39, 0.29) is 18.8 Å². The molecule has 3 nitrogen and oxygen atoms in total. The second-order valence-corrected chi connectivity index (χ2v) is 4.41. The number of carbonyl (C=O) groups is 1. The van der Waals surface area contributed by atoms with Crippen molar-refractivity contribution in [2.45, 2.75) is 26.4 Å². The van der Waals surface area contributed by atoms with Crippen LogP contribution in [0.3, 0.4) is 0 Å². The quantitative estimate of drug-likeness (QED) is 0.867. The van der Waals surface area contributed by atoms with Gasteiger partial charge in [0, 0.05) is 12.0 Å². The van der Waals surface area contributed by atoms with Crippen LogP contribution >= 0.6 is 0 Å². The van der Waals surface area contributed by atoms with E-state index < -0.39 is 6.10 Å². The smallest absolute Gasteiger partial charge is 0.165 e. The fourth-order valence-corrected chi connectivity index (χ4v) is 1.86. The molecule has 90 valence electrons. The number of hydrogen-bond acceptors (Lipinski definition) is 3. The molecule has 1 atom stereocenters. The van der Waals surface area contributed by atoms with Gasteiger partial charge in [0.15, 0.2) is 5.78 Å². The van der Waals surface area contributed by atoms with E-state index in [1.165, 1.54) is 5.56 Å². The predicted octanol–water partition coefficient (Wildman–Crippen LogP) is 2.02. The van der Waals surface area contributed by atoms with Gasteiger partial charge >= 0.3 is 0 Å². The van der Waals surface area contributed by atoms with Gasteiger partial charge in [-0.25, -0.2) is 0 Å². The molecule has 0 saturated heterocycles. The molecular weight excluding hydrogens is 216 g/mol. The van der Waals surface area contributed by atoms with Crippen molar-refractivity contribution < 1.29 is 14.6 Å². The third-order valence-electron chi connectivity index (χ3n) is 3.10. The van der Waals surface area contributed by atoms with Crippen LogP contribution in [0.15, 0.2) is 35.4 Å². The average molecular weight is 232 g/mol. The van der Waals surface area contributed by atoms with Gasteiger partial charge in [-0.1, -0.05) is 17.7 Å². The highest BCUT2D eigenvalue weighted by atomic mass is 16.5. The first-order valence-corrected chi connectivity index (χ1v) is 5.68. The number of aryl methyl sites for hydroxylation is 1. The van der Waals surface area contributed by atoms with Gasteiger partial charge in [0.05, 0.1) is 6.10 Å². The van der Waals surface area contributed by atoms with E-state index in [9.17, 15) is 9.90 Å². The number of rotatable bonds is 3. The number of ketones is 1.